The minimum Gasteiger partial charge on any atom is -0.494 e. The van der Waals surface area contributed by atoms with E-state index in [1.807, 2.05) is 31.2 Å². The van der Waals surface area contributed by atoms with Gasteiger partial charge in [-0.1, -0.05) is 29.3 Å². The molecule has 0 fully saturated rings. The van der Waals surface area contributed by atoms with Crippen molar-refractivity contribution >= 4 is 41.0 Å². The van der Waals surface area contributed by atoms with Crippen LogP contribution in [0.4, 0.5) is 0 Å². The maximum absolute atomic E-state index is 12.1. The van der Waals surface area contributed by atoms with Gasteiger partial charge in [0.1, 0.15) is 11.5 Å². The molecule has 0 unspecified atom stereocenters. The van der Waals surface area contributed by atoms with Gasteiger partial charge in [0.05, 0.1) is 12.2 Å². The first kappa shape index (κ1) is 16.6. The first-order chi connectivity index (χ1) is 11.6. The van der Waals surface area contributed by atoms with Crippen LogP contribution in [0.2, 0.25) is 10.0 Å². The molecule has 0 spiro atoms. The fraction of sp³-hybridized carbons (Fsp3) is 0.105. The Bertz CT molecular complexity index is 836. The highest BCUT2D eigenvalue weighted by molar-refractivity contribution is 6.35. The number of carbonyl (C=O) groups excluding carboxylic acids is 1. The Morgan fingerprint density at radius 2 is 1.88 bits per heavy atom. The summed E-state index contributed by atoms with van der Waals surface area (Å²) in [5.74, 6) is 0.860. The predicted molar refractivity (Wildman–Crippen MR) is 96.1 cm³/mol. The van der Waals surface area contributed by atoms with Crippen LogP contribution in [0, 0.1) is 0 Å². The van der Waals surface area contributed by atoms with Crippen molar-refractivity contribution < 1.29 is 14.3 Å². The van der Waals surface area contributed by atoms with Gasteiger partial charge in [-0.05, 0) is 61.0 Å². The van der Waals surface area contributed by atoms with Crippen LogP contribution in [0.1, 0.15) is 18.1 Å². The highest BCUT2D eigenvalue weighted by Crippen LogP contribution is 2.30. The van der Waals surface area contributed by atoms with Crippen LogP contribution in [0.15, 0.2) is 54.1 Å². The summed E-state index contributed by atoms with van der Waals surface area (Å²) in [6.07, 6.45) is 3.38. The number of cyclic esters (lactones) is 1. The first-order valence-electron chi connectivity index (χ1n) is 7.40. The molecule has 2 aromatic carbocycles. The maximum atomic E-state index is 12.1. The van der Waals surface area contributed by atoms with Crippen LogP contribution in [-0.4, -0.2) is 12.6 Å². The Labute approximate surface area is 150 Å². The zero-order valence-corrected chi connectivity index (χ0v) is 14.4. The molecule has 0 amide bonds. The average molecular weight is 361 g/mol. The molecule has 0 atom stereocenters. The first-order valence-corrected chi connectivity index (χ1v) is 8.16. The molecular weight excluding hydrogens is 347 g/mol. The lowest BCUT2D eigenvalue weighted by molar-refractivity contribution is -0.130. The Balaban J connectivity index is 1.88. The van der Waals surface area contributed by atoms with Gasteiger partial charge < -0.3 is 9.47 Å². The van der Waals surface area contributed by atoms with Gasteiger partial charge >= 0.3 is 5.97 Å². The van der Waals surface area contributed by atoms with Crippen LogP contribution in [-0.2, 0) is 9.53 Å². The molecule has 3 nitrogen and oxygen atoms in total. The van der Waals surface area contributed by atoms with Crippen LogP contribution >= 0.6 is 23.2 Å². The van der Waals surface area contributed by atoms with E-state index in [1.165, 1.54) is 0 Å². The minimum absolute atomic E-state index is 0.412. The van der Waals surface area contributed by atoms with Gasteiger partial charge in [0, 0.05) is 15.6 Å². The molecule has 0 aromatic heterocycles. The van der Waals surface area contributed by atoms with Crippen LogP contribution < -0.4 is 4.74 Å². The Hall–Kier alpha value is -2.23. The van der Waals surface area contributed by atoms with Gasteiger partial charge in [0.25, 0.3) is 0 Å². The van der Waals surface area contributed by atoms with E-state index in [2.05, 4.69) is 0 Å². The van der Waals surface area contributed by atoms with E-state index < -0.39 is 5.97 Å². The minimum atomic E-state index is -0.412. The lowest BCUT2D eigenvalue weighted by Crippen LogP contribution is -1.97. The molecule has 122 valence electrons. The number of carbonyl (C=O) groups is 1. The van der Waals surface area contributed by atoms with E-state index in [0.717, 1.165) is 11.3 Å². The second kappa shape index (κ2) is 7.12. The molecule has 0 N–H and O–H groups in total. The van der Waals surface area contributed by atoms with Crippen molar-refractivity contribution in [1.82, 2.24) is 0 Å². The molecule has 0 bridgehead atoms. The summed E-state index contributed by atoms with van der Waals surface area (Å²) in [4.78, 5) is 12.1. The SMILES string of the molecule is CCOc1ccc(C2=CC(=Cc3ccc(Cl)cc3Cl)C(=O)O2)cc1. The fourth-order valence-electron chi connectivity index (χ4n) is 2.30. The third-order valence-electron chi connectivity index (χ3n) is 3.45. The molecule has 0 saturated carbocycles. The molecule has 0 saturated heterocycles. The largest absolute Gasteiger partial charge is 0.494 e. The second-order valence-corrected chi connectivity index (χ2v) is 5.96. The number of ether oxygens (including phenoxy) is 2. The van der Waals surface area contributed by atoms with E-state index in [-0.39, 0.29) is 0 Å². The number of hydrogen-bond acceptors (Lipinski definition) is 3. The third kappa shape index (κ3) is 3.64. The van der Waals surface area contributed by atoms with Crippen molar-refractivity contribution in [3.05, 3.63) is 75.3 Å². The second-order valence-electron chi connectivity index (χ2n) is 5.12. The monoisotopic (exact) mass is 360 g/mol. The summed E-state index contributed by atoms with van der Waals surface area (Å²) in [5, 5.41) is 1.02. The topological polar surface area (TPSA) is 35.5 Å². The van der Waals surface area contributed by atoms with Gasteiger partial charge in [-0.15, -0.1) is 0 Å². The standard InChI is InChI=1S/C19H14Cl2O3/c1-2-23-16-7-4-12(5-8-16)18-10-14(19(22)24-18)9-13-3-6-15(20)11-17(13)21/h3-11H,2H2,1H3. The molecule has 0 radical (unpaired) electrons. The molecule has 3 rings (SSSR count). The molecule has 1 heterocycles. The number of halogens is 2. The maximum Gasteiger partial charge on any atom is 0.343 e. The van der Waals surface area contributed by atoms with Gasteiger partial charge in [0.15, 0.2) is 0 Å². The van der Waals surface area contributed by atoms with Crippen LogP contribution in [0.3, 0.4) is 0 Å². The summed E-state index contributed by atoms with van der Waals surface area (Å²) >= 11 is 12.0. The van der Waals surface area contributed by atoms with E-state index >= 15 is 0 Å². The van der Waals surface area contributed by atoms with Crippen molar-refractivity contribution in [2.24, 2.45) is 0 Å². The Morgan fingerprint density at radius 3 is 2.54 bits per heavy atom. The van der Waals surface area contributed by atoms with Gasteiger partial charge in [-0.3, -0.25) is 0 Å². The molecule has 24 heavy (non-hydrogen) atoms. The number of benzene rings is 2. The van der Waals surface area contributed by atoms with E-state index in [4.69, 9.17) is 32.7 Å². The van der Waals surface area contributed by atoms with E-state index in [1.54, 1.807) is 30.4 Å². The number of hydrogen-bond donors (Lipinski definition) is 0. The summed E-state index contributed by atoms with van der Waals surface area (Å²) < 4.78 is 10.7. The zero-order valence-electron chi connectivity index (χ0n) is 12.9. The fourth-order valence-corrected chi connectivity index (χ4v) is 2.76. The normalized spacial score (nSPS) is 15.4. The lowest BCUT2D eigenvalue weighted by Gasteiger charge is -2.05. The highest BCUT2D eigenvalue weighted by atomic mass is 35.5. The van der Waals surface area contributed by atoms with Crippen LogP contribution in [0.5, 0.6) is 5.75 Å². The summed E-state index contributed by atoms with van der Waals surface area (Å²) in [6.45, 7) is 2.53. The number of rotatable bonds is 4. The molecule has 1 aliphatic rings. The molecule has 5 heteroatoms. The summed E-state index contributed by atoms with van der Waals surface area (Å²) in [5.41, 5.74) is 1.94. The van der Waals surface area contributed by atoms with Gasteiger partial charge in [-0.2, -0.15) is 0 Å². The van der Waals surface area contributed by atoms with Gasteiger partial charge in [0.2, 0.25) is 0 Å². The summed E-state index contributed by atoms with van der Waals surface area (Å²) in [6, 6.07) is 12.5. The molecule has 2 aromatic rings. The summed E-state index contributed by atoms with van der Waals surface area (Å²) in [7, 11) is 0. The molecule has 1 aliphatic heterocycles. The quantitative estimate of drug-likeness (QED) is 0.542. The smallest absolute Gasteiger partial charge is 0.343 e. The molecule has 0 aliphatic carbocycles. The zero-order chi connectivity index (χ0) is 17.1. The van der Waals surface area contributed by atoms with Crippen molar-refractivity contribution in [2.45, 2.75) is 6.92 Å². The molecular formula is C19H14Cl2O3. The predicted octanol–water partition coefficient (Wildman–Crippen LogP) is 5.37. The van der Waals surface area contributed by atoms with E-state index in [9.17, 15) is 4.79 Å². The Morgan fingerprint density at radius 1 is 1.12 bits per heavy atom. The Kier molecular flexibility index (Phi) is 4.93. The third-order valence-corrected chi connectivity index (χ3v) is 4.01. The van der Waals surface area contributed by atoms with Crippen LogP contribution in [0.25, 0.3) is 11.8 Å². The highest BCUT2D eigenvalue weighted by Gasteiger charge is 2.22. The van der Waals surface area contributed by atoms with Crippen molar-refractivity contribution in [2.75, 3.05) is 6.61 Å². The average Bonchev–Trinajstić information content (AvgIpc) is 2.92. The van der Waals surface area contributed by atoms with Crippen molar-refractivity contribution in [3.63, 3.8) is 0 Å². The van der Waals surface area contributed by atoms with E-state index in [0.29, 0.717) is 33.5 Å². The van der Waals surface area contributed by atoms with Crippen molar-refractivity contribution in [1.29, 1.82) is 0 Å². The lowest BCUT2D eigenvalue weighted by atomic mass is 10.1. The van der Waals surface area contributed by atoms with Gasteiger partial charge in [-0.25, -0.2) is 4.79 Å². The number of esters is 1. The van der Waals surface area contributed by atoms with Crippen molar-refractivity contribution in [3.8, 4) is 5.75 Å².